The lowest BCUT2D eigenvalue weighted by atomic mass is 9.82. The first-order chi connectivity index (χ1) is 6.03. The van der Waals surface area contributed by atoms with Crippen molar-refractivity contribution in [1.29, 1.82) is 0 Å². The van der Waals surface area contributed by atoms with Crippen LogP contribution in [-0.4, -0.2) is 22.4 Å². The average Bonchev–Trinajstić information content (AvgIpc) is 1.98. The molecule has 0 heterocycles. The van der Waals surface area contributed by atoms with Crippen LogP contribution in [0.4, 0.5) is 0 Å². The summed E-state index contributed by atoms with van der Waals surface area (Å²) in [5.41, 5.74) is 0.501. The van der Waals surface area contributed by atoms with Crippen LogP contribution in [0.1, 0.15) is 39.0 Å². The average molecular weight is 184 g/mol. The summed E-state index contributed by atoms with van der Waals surface area (Å²) in [5.74, 6) is 0.364. The summed E-state index contributed by atoms with van der Waals surface area (Å²) in [4.78, 5) is 0. The summed E-state index contributed by atoms with van der Waals surface area (Å²) in [6.07, 6.45) is 4.38. The van der Waals surface area contributed by atoms with Crippen LogP contribution in [0.2, 0.25) is 0 Å². The maximum atomic E-state index is 9.89. The summed E-state index contributed by atoms with van der Waals surface area (Å²) >= 11 is 0. The van der Waals surface area contributed by atoms with Gasteiger partial charge in [-0.2, -0.15) is 0 Å². The molecule has 0 aromatic carbocycles. The van der Waals surface area contributed by atoms with E-state index < -0.39 is 5.60 Å². The molecule has 0 aromatic rings. The zero-order valence-electron chi connectivity index (χ0n) is 8.42. The van der Waals surface area contributed by atoms with Crippen molar-refractivity contribution >= 4 is 0 Å². The number of hydrogen-bond donors (Lipinski definition) is 2. The second-order valence-corrected chi connectivity index (χ2v) is 4.57. The van der Waals surface area contributed by atoms with Gasteiger partial charge in [0, 0.05) is 6.61 Å². The Bertz CT molecular complexity index is 185. The Labute approximate surface area is 80.3 Å². The van der Waals surface area contributed by atoms with Gasteiger partial charge >= 0.3 is 0 Å². The second-order valence-electron chi connectivity index (χ2n) is 4.57. The molecule has 0 aliphatic heterocycles. The highest BCUT2D eigenvalue weighted by Crippen LogP contribution is 2.30. The third-order valence-electron chi connectivity index (χ3n) is 2.79. The van der Waals surface area contributed by atoms with Crippen molar-refractivity contribution in [1.82, 2.24) is 0 Å². The van der Waals surface area contributed by atoms with Crippen molar-refractivity contribution in [2.75, 3.05) is 6.61 Å². The van der Waals surface area contributed by atoms with Gasteiger partial charge in [0.05, 0.1) is 5.60 Å². The first kappa shape index (κ1) is 10.7. The van der Waals surface area contributed by atoms with E-state index in [1.54, 1.807) is 0 Å². The minimum absolute atomic E-state index is 0.251. The van der Waals surface area contributed by atoms with Crippen LogP contribution in [0.15, 0.2) is 12.2 Å². The fourth-order valence-electron chi connectivity index (χ4n) is 2.14. The van der Waals surface area contributed by atoms with Crippen LogP contribution in [0.5, 0.6) is 0 Å². The van der Waals surface area contributed by atoms with Crippen molar-refractivity contribution in [3.8, 4) is 0 Å². The van der Waals surface area contributed by atoms with Gasteiger partial charge in [-0.15, -0.1) is 0 Å². The molecule has 0 bridgehead atoms. The highest BCUT2D eigenvalue weighted by molar-refractivity contribution is 5.02. The summed E-state index contributed by atoms with van der Waals surface area (Å²) < 4.78 is 0. The van der Waals surface area contributed by atoms with E-state index in [1.807, 2.05) is 6.92 Å². The lowest BCUT2D eigenvalue weighted by molar-refractivity contribution is 0.0396. The van der Waals surface area contributed by atoms with Crippen molar-refractivity contribution in [3.05, 3.63) is 12.2 Å². The van der Waals surface area contributed by atoms with Crippen molar-refractivity contribution < 1.29 is 10.2 Å². The normalized spacial score (nSPS) is 36.8. The van der Waals surface area contributed by atoms with Gasteiger partial charge in [-0.3, -0.25) is 0 Å². The van der Waals surface area contributed by atoms with Gasteiger partial charge < -0.3 is 10.2 Å². The Morgan fingerprint density at radius 2 is 2.31 bits per heavy atom. The van der Waals surface area contributed by atoms with Crippen LogP contribution >= 0.6 is 0 Å². The number of hydrogen-bond acceptors (Lipinski definition) is 2. The molecule has 76 valence electrons. The molecule has 2 heteroatoms. The Balaban J connectivity index is 2.53. The maximum absolute atomic E-state index is 9.89. The van der Waals surface area contributed by atoms with Gasteiger partial charge in [0.2, 0.25) is 0 Å². The third-order valence-corrected chi connectivity index (χ3v) is 2.79. The van der Waals surface area contributed by atoms with E-state index in [1.165, 1.54) is 0 Å². The van der Waals surface area contributed by atoms with Crippen molar-refractivity contribution in [2.45, 2.75) is 44.6 Å². The molecule has 1 rings (SSSR count). The first-order valence-electron chi connectivity index (χ1n) is 5.03. The molecule has 0 spiro atoms. The molecule has 0 radical (unpaired) electrons. The van der Waals surface area contributed by atoms with Gasteiger partial charge in [0.1, 0.15) is 0 Å². The highest BCUT2D eigenvalue weighted by Gasteiger charge is 2.25. The molecule has 0 saturated heterocycles. The molecule has 13 heavy (non-hydrogen) atoms. The standard InChI is InChI=1S/C11H20O2/c1-9-6-10(8-12)4-3-5-11(2,13)7-9/h10,12-13H,1,3-8H2,2H3/t10-,11+/m0/s1. The van der Waals surface area contributed by atoms with E-state index in [9.17, 15) is 5.11 Å². The summed E-state index contributed by atoms with van der Waals surface area (Å²) in [5, 5.41) is 18.9. The molecule has 1 saturated carbocycles. The molecular formula is C11H20O2. The Hall–Kier alpha value is -0.340. The molecule has 1 aliphatic carbocycles. The largest absolute Gasteiger partial charge is 0.396 e. The SMILES string of the molecule is C=C1C[C@@H](CO)CCC[C@@](C)(O)C1. The van der Waals surface area contributed by atoms with E-state index >= 15 is 0 Å². The molecule has 1 aliphatic rings. The molecule has 0 aromatic heterocycles. The monoisotopic (exact) mass is 184 g/mol. The van der Waals surface area contributed by atoms with Crippen LogP contribution in [0, 0.1) is 5.92 Å². The van der Waals surface area contributed by atoms with Gasteiger partial charge in [-0.05, 0) is 38.5 Å². The van der Waals surface area contributed by atoms with Crippen LogP contribution in [0.25, 0.3) is 0 Å². The Morgan fingerprint density at radius 1 is 1.62 bits per heavy atom. The number of aliphatic hydroxyl groups excluding tert-OH is 1. The quantitative estimate of drug-likeness (QED) is 0.611. The molecule has 0 amide bonds. The fourth-order valence-corrected chi connectivity index (χ4v) is 2.14. The topological polar surface area (TPSA) is 40.5 Å². The van der Waals surface area contributed by atoms with Gasteiger partial charge in [0.25, 0.3) is 0 Å². The summed E-state index contributed by atoms with van der Waals surface area (Å²) in [6.45, 7) is 6.06. The minimum Gasteiger partial charge on any atom is -0.396 e. The highest BCUT2D eigenvalue weighted by atomic mass is 16.3. The van der Waals surface area contributed by atoms with E-state index in [-0.39, 0.29) is 6.61 Å². The number of aliphatic hydroxyl groups is 2. The van der Waals surface area contributed by atoms with E-state index in [0.717, 1.165) is 31.3 Å². The third kappa shape index (κ3) is 3.49. The molecule has 2 atom stereocenters. The molecular weight excluding hydrogens is 164 g/mol. The molecule has 2 nitrogen and oxygen atoms in total. The molecule has 2 N–H and O–H groups in total. The molecule has 0 unspecified atom stereocenters. The predicted octanol–water partition coefficient (Wildman–Crippen LogP) is 1.87. The zero-order valence-corrected chi connectivity index (χ0v) is 8.42. The van der Waals surface area contributed by atoms with E-state index in [0.29, 0.717) is 12.3 Å². The fraction of sp³-hybridized carbons (Fsp3) is 0.818. The Morgan fingerprint density at radius 3 is 2.92 bits per heavy atom. The Kier molecular flexibility index (Phi) is 3.51. The minimum atomic E-state index is -0.572. The van der Waals surface area contributed by atoms with Gasteiger partial charge in [-0.25, -0.2) is 0 Å². The van der Waals surface area contributed by atoms with Crippen LogP contribution < -0.4 is 0 Å². The predicted molar refractivity (Wildman–Crippen MR) is 53.4 cm³/mol. The van der Waals surface area contributed by atoms with Gasteiger partial charge in [0.15, 0.2) is 0 Å². The van der Waals surface area contributed by atoms with E-state index in [4.69, 9.17) is 5.11 Å². The van der Waals surface area contributed by atoms with Crippen molar-refractivity contribution in [3.63, 3.8) is 0 Å². The van der Waals surface area contributed by atoms with Crippen LogP contribution in [-0.2, 0) is 0 Å². The zero-order chi connectivity index (χ0) is 9.90. The first-order valence-corrected chi connectivity index (χ1v) is 5.03. The molecule has 1 fully saturated rings. The maximum Gasteiger partial charge on any atom is 0.0656 e. The second kappa shape index (κ2) is 4.25. The van der Waals surface area contributed by atoms with Crippen LogP contribution in [0.3, 0.4) is 0 Å². The summed E-state index contributed by atoms with van der Waals surface area (Å²) in [6, 6.07) is 0. The lowest BCUT2D eigenvalue weighted by Crippen LogP contribution is -2.27. The summed E-state index contributed by atoms with van der Waals surface area (Å²) in [7, 11) is 0. The van der Waals surface area contributed by atoms with E-state index in [2.05, 4.69) is 6.58 Å². The van der Waals surface area contributed by atoms with Gasteiger partial charge in [-0.1, -0.05) is 18.6 Å². The smallest absolute Gasteiger partial charge is 0.0656 e. The number of rotatable bonds is 1. The lowest BCUT2D eigenvalue weighted by Gasteiger charge is -2.29. The van der Waals surface area contributed by atoms with Crippen molar-refractivity contribution in [2.24, 2.45) is 5.92 Å².